The van der Waals surface area contributed by atoms with Crippen molar-refractivity contribution in [3.63, 3.8) is 0 Å². The van der Waals surface area contributed by atoms with Gasteiger partial charge in [0.15, 0.2) is 0 Å². The van der Waals surface area contributed by atoms with Gasteiger partial charge in [0.05, 0.1) is 6.54 Å². The standard InChI is InChI=1S/C13H15ClN4O/c14-13(19)16-8-7-15-12-6-9-18(17-12)10-11-4-2-1-3-5-11/h1-6,9H,7-8,10H2,(H,15,17)(H,16,19). The molecule has 0 bridgehead atoms. The molecule has 0 saturated carbocycles. The zero-order chi connectivity index (χ0) is 13.5. The molecule has 0 radical (unpaired) electrons. The molecule has 0 unspecified atom stereocenters. The van der Waals surface area contributed by atoms with Crippen LogP contribution >= 0.6 is 11.6 Å². The van der Waals surface area contributed by atoms with Crippen molar-refractivity contribution >= 4 is 22.8 Å². The maximum atomic E-state index is 10.5. The fourth-order valence-electron chi connectivity index (χ4n) is 1.67. The van der Waals surface area contributed by atoms with Gasteiger partial charge in [-0.05, 0) is 17.2 Å². The van der Waals surface area contributed by atoms with Crippen molar-refractivity contribution in [1.82, 2.24) is 15.1 Å². The number of nitrogens with zero attached hydrogens (tertiary/aromatic N) is 2. The summed E-state index contributed by atoms with van der Waals surface area (Å²) in [7, 11) is 0. The Morgan fingerprint density at radius 2 is 2.00 bits per heavy atom. The molecule has 5 nitrogen and oxygen atoms in total. The lowest BCUT2D eigenvalue weighted by molar-refractivity contribution is 0.260. The van der Waals surface area contributed by atoms with Gasteiger partial charge in [-0.15, -0.1) is 0 Å². The van der Waals surface area contributed by atoms with Crippen molar-refractivity contribution in [3.05, 3.63) is 48.2 Å². The zero-order valence-corrected chi connectivity index (χ0v) is 11.1. The molecular weight excluding hydrogens is 264 g/mol. The number of hydrogen-bond donors (Lipinski definition) is 2. The van der Waals surface area contributed by atoms with E-state index in [0.29, 0.717) is 13.1 Å². The first-order valence-corrected chi connectivity index (χ1v) is 6.36. The van der Waals surface area contributed by atoms with Crippen LogP contribution in [0, 0.1) is 0 Å². The summed E-state index contributed by atoms with van der Waals surface area (Å²) in [6.45, 7) is 1.79. The zero-order valence-electron chi connectivity index (χ0n) is 10.3. The van der Waals surface area contributed by atoms with Crippen molar-refractivity contribution < 1.29 is 4.79 Å². The molecule has 0 atom stereocenters. The van der Waals surface area contributed by atoms with Gasteiger partial charge in [0, 0.05) is 25.4 Å². The molecule has 0 aliphatic rings. The topological polar surface area (TPSA) is 59.0 Å². The molecule has 0 aliphatic carbocycles. The van der Waals surface area contributed by atoms with E-state index in [4.69, 9.17) is 11.6 Å². The van der Waals surface area contributed by atoms with Gasteiger partial charge < -0.3 is 10.6 Å². The van der Waals surface area contributed by atoms with Gasteiger partial charge in [-0.25, -0.2) is 0 Å². The maximum Gasteiger partial charge on any atom is 0.313 e. The Morgan fingerprint density at radius 1 is 1.21 bits per heavy atom. The average Bonchev–Trinajstić information content (AvgIpc) is 2.83. The highest BCUT2D eigenvalue weighted by molar-refractivity contribution is 6.62. The fraction of sp³-hybridized carbons (Fsp3) is 0.231. The molecule has 1 aromatic carbocycles. The fourth-order valence-corrected chi connectivity index (χ4v) is 1.76. The van der Waals surface area contributed by atoms with Crippen molar-refractivity contribution in [1.29, 1.82) is 0 Å². The lowest BCUT2D eigenvalue weighted by Crippen LogP contribution is -2.24. The van der Waals surface area contributed by atoms with Gasteiger partial charge in [-0.1, -0.05) is 30.3 Å². The number of halogens is 1. The van der Waals surface area contributed by atoms with Crippen LogP contribution in [0.4, 0.5) is 10.6 Å². The molecule has 2 N–H and O–H groups in total. The van der Waals surface area contributed by atoms with E-state index in [-0.39, 0.29) is 0 Å². The number of rotatable bonds is 6. The quantitative estimate of drug-likeness (QED) is 0.484. The number of carbonyl (C=O) groups is 1. The van der Waals surface area contributed by atoms with Gasteiger partial charge >= 0.3 is 5.37 Å². The Hall–Kier alpha value is -2.01. The smallest absolute Gasteiger partial charge is 0.313 e. The van der Waals surface area contributed by atoms with Crippen LogP contribution in [0.15, 0.2) is 42.6 Å². The normalized spacial score (nSPS) is 10.2. The van der Waals surface area contributed by atoms with E-state index in [1.54, 1.807) is 0 Å². The number of nitrogens with one attached hydrogen (secondary N) is 2. The summed E-state index contributed by atoms with van der Waals surface area (Å²) in [5.41, 5.74) is 1.20. The Morgan fingerprint density at radius 3 is 2.74 bits per heavy atom. The van der Waals surface area contributed by atoms with E-state index in [9.17, 15) is 4.79 Å². The summed E-state index contributed by atoms with van der Waals surface area (Å²) in [5.74, 6) is 0.778. The van der Waals surface area contributed by atoms with Crippen molar-refractivity contribution in [2.75, 3.05) is 18.4 Å². The van der Waals surface area contributed by atoms with Crippen LogP contribution < -0.4 is 10.6 Å². The highest BCUT2D eigenvalue weighted by atomic mass is 35.5. The summed E-state index contributed by atoms with van der Waals surface area (Å²) in [6.07, 6.45) is 1.91. The molecule has 19 heavy (non-hydrogen) atoms. The second kappa shape index (κ2) is 6.80. The number of aromatic nitrogens is 2. The van der Waals surface area contributed by atoms with Gasteiger partial charge in [0.1, 0.15) is 5.82 Å². The predicted molar refractivity (Wildman–Crippen MR) is 75.5 cm³/mol. The van der Waals surface area contributed by atoms with Crippen LogP contribution in [0.2, 0.25) is 0 Å². The molecule has 0 spiro atoms. The van der Waals surface area contributed by atoms with Gasteiger partial charge in [0.25, 0.3) is 0 Å². The van der Waals surface area contributed by atoms with Crippen LogP contribution in [0.5, 0.6) is 0 Å². The minimum absolute atomic E-state index is 0.466. The average molecular weight is 279 g/mol. The maximum absolute atomic E-state index is 10.5. The van der Waals surface area contributed by atoms with Crippen LogP contribution in [0.3, 0.4) is 0 Å². The monoisotopic (exact) mass is 278 g/mol. The third-order valence-corrected chi connectivity index (χ3v) is 2.66. The van der Waals surface area contributed by atoms with E-state index < -0.39 is 5.37 Å². The molecule has 0 aliphatic heterocycles. The van der Waals surface area contributed by atoms with E-state index >= 15 is 0 Å². The third kappa shape index (κ3) is 4.63. The second-order valence-electron chi connectivity index (χ2n) is 4.01. The minimum Gasteiger partial charge on any atom is -0.367 e. The van der Waals surface area contributed by atoms with Crippen molar-refractivity contribution in [2.24, 2.45) is 0 Å². The summed E-state index contributed by atoms with van der Waals surface area (Å²) in [4.78, 5) is 10.5. The highest BCUT2D eigenvalue weighted by Gasteiger charge is 1.99. The van der Waals surface area contributed by atoms with E-state index in [2.05, 4.69) is 27.9 Å². The van der Waals surface area contributed by atoms with Gasteiger partial charge in [-0.2, -0.15) is 5.10 Å². The number of hydrogen-bond acceptors (Lipinski definition) is 3. The Balaban J connectivity index is 1.80. The van der Waals surface area contributed by atoms with Crippen LogP contribution in [-0.4, -0.2) is 28.2 Å². The highest BCUT2D eigenvalue weighted by Crippen LogP contribution is 2.05. The van der Waals surface area contributed by atoms with Crippen LogP contribution in [0.25, 0.3) is 0 Å². The Kier molecular flexibility index (Phi) is 4.80. The summed E-state index contributed by atoms with van der Waals surface area (Å²) >= 11 is 5.16. The minimum atomic E-state index is -0.545. The largest absolute Gasteiger partial charge is 0.367 e. The molecule has 100 valence electrons. The molecule has 2 rings (SSSR count). The summed E-state index contributed by atoms with van der Waals surface area (Å²) in [5, 5.41) is 9.43. The second-order valence-corrected chi connectivity index (χ2v) is 4.35. The predicted octanol–water partition coefficient (Wildman–Crippen LogP) is 2.29. The SMILES string of the molecule is O=C(Cl)NCCNc1ccn(Cc2ccccc2)n1. The Bertz CT molecular complexity index is 526. The first-order valence-electron chi connectivity index (χ1n) is 5.98. The number of carbonyl (C=O) groups excluding carboxylic acids is 1. The third-order valence-electron chi connectivity index (χ3n) is 2.52. The lowest BCUT2D eigenvalue weighted by Gasteiger charge is -2.03. The van der Waals surface area contributed by atoms with Crippen molar-refractivity contribution in [3.8, 4) is 0 Å². The first kappa shape index (κ1) is 13.4. The van der Waals surface area contributed by atoms with Crippen molar-refractivity contribution in [2.45, 2.75) is 6.54 Å². The Labute approximate surface area is 116 Å². The summed E-state index contributed by atoms with van der Waals surface area (Å²) in [6, 6.07) is 12.0. The number of anilines is 1. The molecule has 1 amide bonds. The first-order chi connectivity index (χ1) is 9.24. The summed E-state index contributed by atoms with van der Waals surface area (Å²) < 4.78 is 1.86. The molecule has 6 heteroatoms. The molecular formula is C13H15ClN4O. The van der Waals surface area contributed by atoms with Gasteiger partial charge in [0.2, 0.25) is 0 Å². The number of amides is 1. The van der Waals surface area contributed by atoms with Gasteiger partial charge in [-0.3, -0.25) is 9.48 Å². The van der Waals surface area contributed by atoms with E-state index in [0.717, 1.165) is 12.4 Å². The van der Waals surface area contributed by atoms with E-state index in [1.807, 2.05) is 35.1 Å². The molecule has 2 aromatic rings. The van der Waals surface area contributed by atoms with E-state index in [1.165, 1.54) is 5.56 Å². The molecule has 1 aromatic heterocycles. The van der Waals surface area contributed by atoms with Crippen LogP contribution in [0.1, 0.15) is 5.56 Å². The number of benzene rings is 1. The lowest BCUT2D eigenvalue weighted by atomic mass is 10.2. The molecule has 0 saturated heterocycles. The molecule has 1 heterocycles. The molecule has 0 fully saturated rings. The van der Waals surface area contributed by atoms with Crippen LogP contribution in [-0.2, 0) is 6.54 Å².